The van der Waals surface area contributed by atoms with E-state index in [-0.39, 0.29) is 0 Å². The van der Waals surface area contributed by atoms with E-state index in [1.54, 1.807) is 11.3 Å². The lowest BCUT2D eigenvalue weighted by molar-refractivity contribution is 0.523. The Morgan fingerprint density at radius 1 is 1.06 bits per heavy atom. The highest BCUT2D eigenvalue weighted by molar-refractivity contribution is 7.07. The van der Waals surface area contributed by atoms with Gasteiger partial charge in [0.05, 0.1) is 0 Å². The van der Waals surface area contributed by atoms with Crippen molar-refractivity contribution < 1.29 is 0 Å². The van der Waals surface area contributed by atoms with Crippen molar-refractivity contribution in [3.8, 4) is 0 Å². The standard InChI is InChI=1S/C15H20N2S/c1-2-12-3-5-13(6-4-12)9-15(17-16)10-14-7-8-18-11-14/h3-8,11,15,17H,2,9-10,16H2,1H3. The zero-order valence-electron chi connectivity index (χ0n) is 10.7. The summed E-state index contributed by atoms with van der Waals surface area (Å²) in [6.07, 6.45) is 3.04. The summed E-state index contributed by atoms with van der Waals surface area (Å²) in [5, 5.41) is 4.30. The molecule has 0 amide bonds. The number of nitrogens with one attached hydrogen (secondary N) is 1. The first-order valence-corrected chi connectivity index (χ1v) is 7.31. The largest absolute Gasteiger partial charge is 0.271 e. The smallest absolute Gasteiger partial charge is 0.0291 e. The van der Waals surface area contributed by atoms with Gasteiger partial charge in [0, 0.05) is 6.04 Å². The predicted molar refractivity (Wildman–Crippen MR) is 78.7 cm³/mol. The van der Waals surface area contributed by atoms with Gasteiger partial charge in [0.25, 0.3) is 0 Å². The van der Waals surface area contributed by atoms with Gasteiger partial charge in [-0.1, -0.05) is 31.2 Å². The van der Waals surface area contributed by atoms with Gasteiger partial charge < -0.3 is 0 Å². The molecule has 2 rings (SSSR count). The zero-order valence-corrected chi connectivity index (χ0v) is 11.5. The number of hydrogen-bond acceptors (Lipinski definition) is 3. The Balaban J connectivity index is 1.96. The summed E-state index contributed by atoms with van der Waals surface area (Å²) in [5.41, 5.74) is 7.00. The lowest BCUT2D eigenvalue weighted by Crippen LogP contribution is -2.38. The topological polar surface area (TPSA) is 38.0 Å². The van der Waals surface area contributed by atoms with Crippen LogP contribution in [0.5, 0.6) is 0 Å². The molecule has 0 fully saturated rings. The van der Waals surface area contributed by atoms with Crippen LogP contribution >= 0.6 is 11.3 Å². The fourth-order valence-electron chi connectivity index (χ4n) is 2.08. The van der Waals surface area contributed by atoms with Crippen LogP contribution in [0.2, 0.25) is 0 Å². The molecule has 18 heavy (non-hydrogen) atoms. The van der Waals surface area contributed by atoms with Crippen LogP contribution in [0.3, 0.4) is 0 Å². The van der Waals surface area contributed by atoms with E-state index in [9.17, 15) is 0 Å². The molecule has 1 aromatic carbocycles. The summed E-state index contributed by atoms with van der Waals surface area (Å²) < 4.78 is 0. The third kappa shape index (κ3) is 3.67. The fourth-order valence-corrected chi connectivity index (χ4v) is 2.76. The van der Waals surface area contributed by atoms with Crippen molar-refractivity contribution in [1.29, 1.82) is 0 Å². The lowest BCUT2D eigenvalue weighted by atomic mass is 10.00. The van der Waals surface area contributed by atoms with Crippen molar-refractivity contribution in [2.75, 3.05) is 0 Å². The van der Waals surface area contributed by atoms with E-state index >= 15 is 0 Å². The van der Waals surface area contributed by atoms with Gasteiger partial charge in [0.2, 0.25) is 0 Å². The monoisotopic (exact) mass is 260 g/mol. The second-order valence-electron chi connectivity index (χ2n) is 4.57. The van der Waals surface area contributed by atoms with E-state index in [2.05, 4.69) is 53.4 Å². The Bertz CT molecular complexity index is 448. The Morgan fingerprint density at radius 3 is 2.28 bits per heavy atom. The summed E-state index contributed by atoms with van der Waals surface area (Å²) in [5.74, 6) is 5.65. The van der Waals surface area contributed by atoms with E-state index < -0.39 is 0 Å². The van der Waals surface area contributed by atoms with Crippen molar-refractivity contribution >= 4 is 11.3 Å². The number of benzene rings is 1. The molecule has 0 bridgehead atoms. The van der Waals surface area contributed by atoms with Crippen LogP contribution in [0.15, 0.2) is 41.1 Å². The van der Waals surface area contributed by atoms with E-state index in [0.717, 1.165) is 19.3 Å². The van der Waals surface area contributed by atoms with Crippen molar-refractivity contribution in [1.82, 2.24) is 5.43 Å². The van der Waals surface area contributed by atoms with Gasteiger partial charge >= 0.3 is 0 Å². The lowest BCUT2D eigenvalue weighted by Gasteiger charge is -2.15. The van der Waals surface area contributed by atoms with Crippen LogP contribution in [-0.2, 0) is 19.3 Å². The van der Waals surface area contributed by atoms with Gasteiger partial charge in [-0.3, -0.25) is 11.3 Å². The van der Waals surface area contributed by atoms with E-state index in [0.29, 0.717) is 6.04 Å². The molecule has 0 radical (unpaired) electrons. The van der Waals surface area contributed by atoms with Gasteiger partial charge in [-0.05, 0) is 52.8 Å². The number of hydrazine groups is 1. The van der Waals surface area contributed by atoms with E-state index in [4.69, 9.17) is 5.84 Å². The molecule has 1 unspecified atom stereocenters. The quantitative estimate of drug-likeness (QED) is 0.619. The third-order valence-electron chi connectivity index (χ3n) is 3.21. The molecule has 0 saturated heterocycles. The maximum Gasteiger partial charge on any atom is 0.0291 e. The average Bonchev–Trinajstić information content (AvgIpc) is 2.91. The summed E-state index contributed by atoms with van der Waals surface area (Å²) in [4.78, 5) is 0. The Labute approximate surface area is 113 Å². The van der Waals surface area contributed by atoms with Crippen molar-refractivity contribution in [2.24, 2.45) is 5.84 Å². The molecule has 0 aliphatic rings. The number of rotatable bonds is 6. The molecular formula is C15H20N2S. The molecule has 2 nitrogen and oxygen atoms in total. The molecule has 0 spiro atoms. The minimum Gasteiger partial charge on any atom is -0.271 e. The fraction of sp³-hybridized carbons (Fsp3) is 0.333. The Hall–Kier alpha value is -1.16. The van der Waals surface area contributed by atoms with Crippen LogP contribution in [0.1, 0.15) is 23.6 Å². The first kappa shape index (κ1) is 13.3. The molecule has 0 aliphatic heterocycles. The number of hydrogen-bond donors (Lipinski definition) is 2. The molecule has 2 aromatic rings. The van der Waals surface area contributed by atoms with Gasteiger partial charge in [-0.25, -0.2) is 0 Å². The average molecular weight is 260 g/mol. The summed E-state index contributed by atoms with van der Waals surface area (Å²) in [7, 11) is 0. The maximum absolute atomic E-state index is 5.65. The van der Waals surface area contributed by atoms with Gasteiger partial charge in [0.1, 0.15) is 0 Å². The Morgan fingerprint density at radius 2 is 1.72 bits per heavy atom. The number of thiophene rings is 1. The predicted octanol–water partition coefficient (Wildman–Crippen LogP) is 2.93. The second kappa shape index (κ2) is 6.69. The molecule has 0 saturated carbocycles. The summed E-state index contributed by atoms with van der Waals surface area (Å²) in [6, 6.07) is 11.3. The van der Waals surface area contributed by atoms with Crippen molar-refractivity contribution in [2.45, 2.75) is 32.2 Å². The van der Waals surface area contributed by atoms with Crippen LogP contribution in [0, 0.1) is 0 Å². The maximum atomic E-state index is 5.65. The molecule has 1 aromatic heterocycles. The molecule has 3 heteroatoms. The molecule has 96 valence electrons. The van der Waals surface area contributed by atoms with Crippen LogP contribution < -0.4 is 11.3 Å². The number of nitrogens with two attached hydrogens (primary N) is 1. The Kier molecular flexibility index (Phi) is 4.93. The van der Waals surface area contributed by atoms with Crippen LogP contribution in [0.4, 0.5) is 0 Å². The highest BCUT2D eigenvalue weighted by Crippen LogP contribution is 2.12. The highest BCUT2D eigenvalue weighted by Gasteiger charge is 2.09. The van der Waals surface area contributed by atoms with Gasteiger partial charge in [0.15, 0.2) is 0 Å². The SMILES string of the molecule is CCc1ccc(CC(Cc2ccsc2)NN)cc1. The normalized spacial score (nSPS) is 12.6. The molecule has 0 aliphatic carbocycles. The molecular weight excluding hydrogens is 240 g/mol. The van der Waals surface area contributed by atoms with Gasteiger partial charge in [-0.2, -0.15) is 11.3 Å². The van der Waals surface area contributed by atoms with E-state index in [1.165, 1.54) is 16.7 Å². The molecule has 1 heterocycles. The minimum atomic E-state index is 0.298. The third-order valence-corrected chi connectivity index (χ3v) is 3.94. The van der Waals surface area contributed by atoms with Crippen LogP contribution in [-0.4, -0.2) is 6.04 Å². The van der Waals surface area contributed by atoms with Crippen molar-refractivity contribution in [3.63, 3.8) is 0 Å². The summed E-state index contributed by atoms with van der Waals surface area (Å²) >= 11 is 1.73. The minimum absolute atomic E-state index is 0.298. The molecule has 3 N–H and O–H groups in total. The van der Waals surface area contributed by atoms with Crippen molar-refractivity contribution in [3.05, 3.63) is 57.8 Å². The first-order valence-electron chi connectivity index (χ1n) is 6.37. The number of aryl methyl sites for hydroxylation is 1. The first-order chi connectivity index (χ1) is 8.81. The highest BCUT2D eigenvalue weighted by atomic mass is 32.1. The molecule has 1 atom stereocenters. The summed E-state index contributed by atoms with van der Waals surface area (Å²) in [6.45, 7) is 2.18. The zero-order chi connectivity index (χ0) is 12.8. The van der Waals surface area contributed by atoms with E-state index in [1.807, 2.05) is 0 Å². The van der Waals surface area contributed by atoms with Crippen LogP contribution in [0.25, 0.3) is 0 Å². The van der Waals surface area contributed by atoms with Gasteiger partial charge in [-0.15, -0.1) is 0 Å². The second-order valence-corrected chi connectivity index (χ2v) is 5.35.